The molecule has 0 spiro atoms. The molecule has 2 aromatic rings. The molecule has 0 bridgehead atoms. The minimum absolute atomic E-state index is 0.0332. The van der Waals surface area contributed by atoms with Crippen LogP contribution in [0.15, 0.2) is 12.4 Å². The van der Waals surface area contributed by atoms with Gasteiger partial charge in [-0.05, 0) is 34.6 Å². The summed E-state index contributed by atoms with van der Waals surface area (Å²) in [6.45, 7) is 8.69. The molecular formula is C18H27N8O6P. The smallest absolute Gasteiger partial charge is 0.408 e. The van der Waals surface area contributed by atoms with Gasteiger partial charge in [-0.2, -0.15) is 0 Å². The Morgan fingerprint density at radius 3 is 2.06 bits per heavy atom. The maximum Gasteiger partial charge on any atom is 0.408 e. The Balaban J connectivity index is 1.93. The van der Waals surface area contributed by atoms with Gasteiger partial charge in [-0.15, -0.1) is 20.4 Å². The van der Waals surface area contributed by atoms with Crippen molar-refractivity contribution in [3.63, 3.8) is 0 Å². The lowest BCUT2D eigenvalue weighted by Gasteiger charge is -2.19. The first-order valence-corrected chi connectivity index (χ1v) is 11.8. The first kappa shape index (κ1) is 26.2. The second-order valence-electron chi connectivity index (χ2n) is 7.44. The zero-order chi connectivity index (χ0) is 24.5. The first-order chi connectivity index (χ1) is 15.5. The number of hydrogen-bond acceptors (Lipinski definition) is 12. The van der Waals surface area contributed by atoms with Crippen molar-refractivity contribution >= 4 is 25.3 Å². The van der Waals surface area contributed by atoms with E-state index in [4.69, 9.17) is 13.8 Å². The summed E-state index contributed by atoms with van der Waals surface area (Å²) in [5, 5.41) is 20.4. The molecular weight excluding hydrogens is 455 g/mol. The number of carbonyl (C=O) groups excluding carboxylic acids is 2. The summed E-state index contributed by atoms with van der Waals surface area (Å²) < 4.78 is 28.0. The van der Waals surface area contributed by atoms with Crippen LogP contribution < -0.4 is 10.6 Å². The summed E-state index contributed by atoms with van der Waals surface area (Å²) in [6.07, 6.45) is 1.80. The summed E-state index contributed by atoms with van der Waals surface area (Å²) >= 11 is 0. The van der Waals surface area contributed by atoms with E-state index in [-0.39, 0.29) is 43.4 Å². The highest BCUT2D eigenvalue weighted by Crippen LogP contribution is 2.50. The van der Waals surface area contributed by atoms with Gasteiger partial charge in [0.05, 0.1) is 31.3 Å². The molecule has 0 atom stereocenters. The molecule has 0 radical (unpaired) electrons. The second kappa shape index (κ2) is 11.7. The van der Waals surface area contributed by atoms with E-state index < -0.39 is 25.2 Å². The van der Waals surface area contributed by atoms with Crippen LogP contribution in [-0.2, 0) is 29.3 Å². The zero-order valence-corrected chi connectivity index (χ0v) is 20.0. The van der Waals surface area contributed by atoms with Gasteiger partial charge >= 0.3 is 13.7 Å². The quantitative estimate of drug-likeness (QED) is 0.471. The van der Waals surface area contributed by atoms with Crippen LogP contribution in [0.25, 0.3) is 11.6 Å². The molecule has 0 aliphatic heterocycles. The molecule has 2 heterocycles. The van der Waals surface area contributed by atoms with Crippen LogP contribution in [0.5, 0.6) is 0 Å². The van der Waals surface area contributed by atoms with Gasteiger partial charge in [0.1, 0.15) is 18.3 Å². The highest BCUT2D eigenvalue weighted by Gasteiger charge is 2.26. The van der Waals surface area contributed by atoms with Gasteiger partial charge in [-0.1, -0.05) is 0 Å². The number of rotatable bonds is 10. The number of nitrogens with zero attached hydrogens (tertiary/aromatic N) is 6. The van der Waals surface area contributed by atoms with Crippen LogP contribution in [0.1, 0.15) is 40.4 Å². The number of nitrogens with one attached hydrogen (secondary N) is 2. The van der Waals surface area contributed by atoms with Crippen molar-refractivity contribution in [1.29, 1.82) is 0 Å². The molecule has 2 rings (SSSR count). The third-order valence-corrected chi connectivity index (χ3v) is 5.41. The molecule has 0 aliphatic rings. The molecule has 14 nitrogen and oxygen atoms in total. The summed E-state index contributed by atoms with van der Waals surface area (Å²) in [7, 11) is -3.38. The molecule has 33 heavy (non-hydrogen) atoms. The third-order valence-electron chi connectivity index (χ3n) is 3.43. The van der Waals surface area contributed by atoms with Gasteiger partial charge in [-0.3, -0.25) is 9.36 Å². The maximum atomic E-state index is 12.5. The van der Waals surface area contributed by atoms with Crippen LogP contribution in [0.3, 0.4) is 0 Å². The lowest BCUT2D eigenvalue weighted by atomic mass is 10.2. The summed E-state index contributed by atoms with van der Waals surface area (Å²) in [5.41, 5.74) is -0.373. The molecule has 0 aromatic carbocycles. The highest BCUT2D eigenvalue weighted by molar-refractivity contribution is 7.53. The lowest BCUT2D eigenvalue weighted by molar-refractivity contribution is -0.115. The van der Waals surface area contributed by atoms with Crippen molar-refractivity contribution in [3.05, 3.63) is 18.2 Å². The summed E-state index contributed by atoms with van der Waals surface area (Å²) in [6, 6.07) is 0. The molecule has 0 fully saturated rings. The molecule has 0 saturated carbocycles. The Morgan fingerprint density at radius 1 is 0.970 bits per heavy atom. The van der Waals surface area contributed by atoms with Crippen LogP contribution >= 0.6 is 7.60 Å². The zero-order valence-electron chi connectivity index (χ0n) is 19.1. The van der Waals surface area contributed by atoms with Gasteiger partial charge in [0.25, 0.3) is 0 Å². The second-order valence-corrected chi connectivity index (χ2v) is 9.50. The maximum absolute atomic E-state index is 12.5. The van der Waals surface area contributed by atoms with Crippen LogP contribution in [0.4, 0.5) is 10.5 Å². The standard InChI is InChI=1S/C18H27N8O6P/c1-6-30-33(29,31-7-2)11-13-23-25-16(26-24-13)15-19-8-12(9-20-15)22-14(27)10-21-17(28)32-18(3,4)5/h8-9H,6-7,10-11H2,1-5H3,(H,21,28)(H,22,27). The van der Waals surface area contributed by atoms with Crippen molar-refractivity contribution in [3.8, 4) is 11.6 Å². The number of hydrogen-bond donors (Lipinski definition) is 2. The monoisotopic (exact) mass is 482 g/mol. The van der Waals surface area contributed by atoms with E-state index in [1.54, 1.807) is 34.6 Å². The van der Waals surface area contributed by atoms with Gasteiger partial charge < -0.3 is 24.4 Å². The van der Waals surface area contributed by atoms with E-state index in [9.17, 15) is 14.2 Å². The van der Waals surface area contributed by atoms with E-state index in [2.05, 4.69) is 41.0 Å². The molecule has 15 heteroatoms. The van der Waals surface area contributed by atoms with E-state index in [0.717, 1.165) is 0 Å². The lowest BCUT2D eigenvalue weighted by Crippen LogP contribution is -2.37. The van der Waals surface area contributed by atoms with Gasteiger partial charge in [0, 0.05) is 0 Å². The van der Waals surface area contributed by atoms with Crippen LogP contribution in [0.2, 0.25) is 0 Å². The number of amides is 2. The Kier molecular flexibility index (Phi) is 9.26. The van der Waals surface area contributed by atoms with Crippen molar-refractivity contribution < 1.29 is 27.9 Å². The van der Waals surface area contributed by atoms with Gasteiger partial charge in [-0.25, -0.2) is 14.8 Å². The van der Waals surface area contributed by atoms with Gasteiger partial charge in [0.15, 0.2) is 5.82 Å². The number of alkyl carbamates (subject to hydrolysis) is 1. The normalized spacial score (nSPS) is 11.7. The van der Waals surface area contributed by atoms with Crippen LogP contribution in [-0.4, -0.2) is 67.7 Å². The molecule has 180 valence electrons. The van der Waals surface area contributed by atoms with E-state index in [0.29, 0.717) is 5.69 Å². The Morgan fingerprint density at radius 2 is 1.55 bits per heavy atom. The number of aromatic nitrogens is 6. The number of ether oxygens (including phenoxy) is 1. The fraction of sp³-hybridized carbons (Fsp3) is 0.556. The molecule has 0 saturated heterocycles. The number of carbonyl (C=O) groups is 2. The van der Waals surface area contributed by atoms with Crippen LogP contribution in [0, 0.1) is 0 Å². The van der Waals surface area contributed by atoms with E-state index in [1.165, 1.54) is 12.4 Å². The molecule has 2 aromatic heterocycles. The predicted octanol–water partition coefficient (Wildman–Crippen LogP) is 1.95. The Labute approximate surface area is 190 Å². The Hall–Kier alpha value is -3.09. The summed E-state index contributed by atoms with van der Waals surface area (Å²) in [5.74, 6) is -0.255. The molecule has 0 unspecified atom stereocenters. The third kappa shape index (κ3) is 9.12. The van der Waals surface area contributed by atoms with E-state index >= 15 is 0 Å². The van der Waals surface area contributed by atoms with E-state index in [1.807, 2.05) is 0 Å². The number of anilines is 1. The fourth-order valence-electron chi connectivity index (χ4n) is 2.28. The largest absolute Gasteiger partial charge is 0.444 e. The molecule has 2 amide bonds. The topological polar surface area (TPSA) is 180 Å². The minimum atomic E-state index is -3.38. The average molecular weight is 482 g/mol. The van der Waals surface area contributed by atoms with Crippen molar-refractivity contribution in [1.82, 2.24) is 35.7 Å². The highest BCUT2D eigenvalue weighted by atomic mass is 31.2. The molecule has 2 N–H and O–H groups in total. The fourth-order valence-corrected chi connectivity index (χ4v) is 3.79. The SMILES string of the molecule is CCOP(=O)(Cc1nnc(-c2ncc(NC(=O)CNC(=O)OC(C)(C)C)cn2)nn1)OCC. The first-order valence-electron chi connectivity index (χ1n) is 10.1. The predicted molar refractivity (Wildman–Crippen MR) is 116 cm³/mol. The van der Waals surface area contributed by atoms with Gasteiger partial charge in [0.2, 0.25) is 17.6 Å². The van der Waals surface area contributed by atoms with Crippen molar-refractivity contribution in [2.24, 2.45) is 0 Å². The van der Waals surface area contributed by atoms with Crippen molar-refractivity contribution in [2.75, 3.05) is 25.1 Å². The summed E-state index contributed by atoms with van der Waals surface area (Å²) in [4.78, 5) is 31.7. The minimum Gasteiger partial charge on any atom is -0.444 e. The Bertz CT molecular complexity index is 971. The average Bonchev–Trinajstić information content (AvgIpc) is 2.72. The molecule has 0 aliphatic carbocycles. The van der Waals surface area contributed by atoms with Crippen molar-refractivity contribution in [2.45, 2.75) is 46.4 Å².